The molecule has 187 valence electrons. The second kappa shape index (κ2) is 12.1. The number of nitrogens with zero attached hydrogens (tertiary/aromatic N) is 1. The summed E-state index contributed by atoms with van der Waals surface area (Å²) >= 11 is 3.78. The Morgan fingerprint density at radius 2 is 1.22 bits per heavy atom. The van der Waals surface area contributed by atoms with Crippen molar-refractivity contribution in [3.8, 4) is 22.4 Å². The summed E-state index contributed by atoms with van der Waals surface area (Å²) in [6.07, 6.45) is 1.93. The third kappa shape index (κ3) is 4.85. The van der Waals surface area contributed by atoms with Gasteiger partial charge in [-0.2, -0.15) is 0 Å². The maximum absolute atomic E-state index is 7.00. The molecule has 0 aliphatic rings. The van der Waals surface area contributed by atoms with Crippen LogP contribution in [0.15, 0.2) is 97.2 Å². The molecular weight excluding hydrogens is 675 g/mol. The molecule has 0 aliphatic heterocycles. The van der Waals surface area contributed by atoms with Crippen molar-refractivity contribution in [2.75, 3.05) is 14.2 Å². The third-order valence-corrected chi connectivity index (χ3v) is 8.45. The monoisotopic (exact) mass is 699 g/mol. The molecule has 2 N–H and O–H groups in total. The summed E-state index contributed by atoms with van der Waals surface area (Å²) in [6, 6.07) is 35.6. The number of hydrogen-bond donors (Lipinski definition) is 2. The van der Waals surface area contributed by atoms with Gasteiger partial charge in [-0.1, -0.05) is 42.5 Å². The molecule has 3 nitrogen and oxygen atoms in total. The molecule has 3 aromatic heterocycles. The van der Waals surface area contributed by atoms with Gasteiger partial charge in [-0.3, -0.25) is 0 Å². The average Bonchev–Trinajstić information content (AvgIpc) is 3.52. The number of rotatable bonds is 2. The van der Waals surface area contributed by atoms with E-state index in [4.69, 9.17) is 10.2 Å². The Balaban J connectivity index is 0.000000613. The first-order valence-electron chi connectivity index (χ1n) is 11.5. The molecule has 1 radical (unpaired) electrons. The topological polar surface area (TPSA) is 53.4 Å². The van der Waals surface area contributed by atoms with Gasteiger partial charge in [0, 0.05) is 86.4 Å². The minimum Gasteiger partial charge on any atom is -0.400 e. The van der Waals surface area contributed by atoms with E-state index >= 15 is 0 Å². The molecule has 7 aromatic rings. The second-order valence-corrected chi connectivity index (χ2v) is 10.0. The third-order valence-electron chi connectivity index (χ3n) is 6.04. The summed E-state index contributed by atoms with van der Waals surface area (Å²) in [4.78, 5) is 4.66. The maximum Gasteiger partial charge on any atom is 0.0448 e. The van der Waals surface area contributed by atoms with Gasteiger partial charge in [0.15, 0.2) is 0 Å². The number of aliphatic hydroxyl groups is 2. The molecule has 0 spiro atoms. The fourth-order valence-electron chi connectivity index (χ4n) is 4.58. The predicted octanol–water partition coefficient (Wildman–Crippen LogP) is 8.17. The standard InChI is InChI=1S/C29H16NS2.2CH4O.Ir/c1-2-8-18(9-3-1)24-16-19(14-15-30-24)27-28-22(20-10-4-6-12-25(20)31-28)17-23-21-11-5-7-13-26(21)32-29(23)27;2*1-2;/h1-8,10-17H;2*2H,1H3;/q-1;;;. The van der Waals surface area contributed by atoms with Gasteiger partial charge in [0.1, 0.15) is 0 Å². The SMILES string of the molecule is CO.CO.[Ir].[c-]1ccccc1-c1cc(-c2c3sc4ccccc4c3cc3c2sc2ccccc23)ccn1. The molecule has 0 atom stereocenters. The fourth-order valence-corrected chi connectivity index (χ4v) is 7.16. The second-order valence-electron chi connectivity index (χ2n) is 7.91. The Morgan fingerprint density at radius 1 is 0.649 bits per heavy atom. The summed E-state index contributed by atoms with van der Waals surface area (Å²) in [5.74, 6) is 0. The number of hydrogen-bond acceptors (Lipinski definition) is 5. The summed E-state index contributed by atoms with van der Waals surface area (Å²) < 4.78 is 5.35. The van der Waals surface area contributed by atoms with Crippen LogP contribution < -0.4 is 0 Å². The smallest absolute Gasteiger partial charge is 0.0448 e. The number of fused-ring (bicyclic) bond motifs is 6. The van der Waals surface area contributed by atoms with Gasteiger partial charge in [0.05, 0.1) is 0 Å². The van der Waals surface area contributed by atoms with Gasteiger partial charge in [-0.05, 0) is 35.5 Å². The fraction of sp³-hybridized carbons (Fsp3) is 0.0645. The Bertz CT molecular complexity index is 1700. The first-order chi connectivity index (χ1) is 17.9. The Kier molecular flexibility index (Phi) is 8.83. The number of aliphatic hydroxyl groups excluding tert-OH is 2. The van der Waals surface area contributed by atoms with Crippen LogP contribution in [0.4, 0.5) is 0 Å². The number of pyridine rings is 1. The molecule has 0 amide bonds. The molecule has 0 saturated heterocycles. The van der Waals surface area contributed by atoms with Crippen molar-refractivity contribution in [2.45, 2.75) is 0 Å². The van der Waals surface area contributed by atoms with Crippen molar-refractivity contribution in [2.24, 2.45) is 0 Å². The van der Waals surface area contributed by atoms with Crippen LogP contribution in [0.2, 0.25) is 0 Å². The van der Waals surface area contributed by atoms with Crippen LogP contribution in [0.5, 0.6) is 0 Å². The van der Waals surface area contributed by atoms with E-state index in [1.165, 1.54) is 51.5 Å². The van der Waals surface area contributed by atoms with Crippen molar-refractivity contribution in [1.29, 1.82) is 0 Å². The normalized spacial score (nSPS) is 10.5. The number of thiophene rings is 2. The largest absolute Gasteiger partial charge is 0.400 e. The Labute approximate surface area is 237 Å². The summed E-state index contributed by atoms with van der Waals surface area (Å²) in [5.41, 5.74) is 4.50. The molecule has 0 bridgehead atoms. The van der Waals surface area contributed by atoms with Crippen LogP contribution in [-0.2, 0) is 20.1 Å². The minimum atomic E-state index is 0. The van der Waals surface area contributed by atoms with E-state index in [2.05, 4.69) is 83.8 Å². The minimum absolute atomic E-state index is 0. The Hall–Kier alpha value is -2.96. The van der Waals surface area contributed by atoms with Crippen molar-refractivity contribution >= 4 is 63.0 Å². The van der Waals surface area contributed by atoms with Crippen LogP contribution in [-0.4, -0.2) is 29.4 Å². The quantitative estimate of drug-likeness (QED) is 0.179. The molecule has 7 rings (SSSR count). The molecule has 0 aliphatic carbocycles. The molecule has 6 heteroatoms. The molecule has 0 saturated carbocycles. The maximum atomic E-state index is 7.00. The van der Waals surface area contributed by atoms with Crippen LogP contribution in [0, 0.1) is 6.07 Å². The van der Waals surface area contributed by atoms with Crippen molar-refractivity contribution in [1.82, 2.24) is 4.98 Å². The zero-order chi connectivity index (χ0) is 25.1. The van der Waals surface area contributed by atoms with Crippen LogP contribution in [0.1, 0.15) is 0 Å². The van der Waals surface area contributed by atoms with Gasteiger partial charge in [-0.15, -0.1) is 58.6 Å². The average molecular weight is 699 g/mol. The van der Waals surface area contributed by atoms with Crippen LogP contribution in [0.3, 0.4) is 0 Å². The number of aromatic nitrogens is 1. The molecule has 0 fully saturated rings. The van der Waals surface area contributed by atoms with Gasteiger partial charge in [-0.25, -0.2) is 0 Å². The van der Waals surface area contributed by atoms with E-state index in [-0.39, 0.29) is 20.1 Å². The molecule has 37 heavy (non-hydrogen) atoms. The van der Waals surface area contributed by atoms with Gasteiger partial charge < -0.3 is 15.2 Å². The predicted molar refractivity (Wildman–Crippen MR) is 156 cm³/mol. The first-order valence-corrected chi connectivity index (χ1v) is 13.1. The van der Waals surface area contributed by atoms with E-state index in [1.807, 2.05) is 47.1 Å². The van der Waals surface area contributed by atoms with Gasteiger partial charge in [0.25, 0.3) is 0 Å². The van der Waals surface area contributed by atoms with E-state index in [0.717, 1.165) is 25.5 Å². The van der Waals surface area contributed by atoms with E-state index in [1.54, 1.807) is 0 Å². The van der Waals surface area contributed by atoms with E-state index in [9.17, 15) is 0 Å². The zero-order valence-corrected chi connectivity index (χ0v) is 24.3. The summed E-state index contributed by atoms with van der Waals surface area (Å²) in [7, 11) is 2.00. The van der Waals surface area contributed by atoms with E-state index in [0.29, 0.717) is 0 Å². The summed E-state index contributed by atoms with van der Waals surface area (Å²) in [6.45, 7) is 0. The molecular formula is C31H24IrNO2S2-. The van der Waals surface area contributed by atoms with Crippen molar-refractivity contribution < 1.29 is 30.3 Å². The summed E-state index contributed by atoms with van der Waals surface area (Å²) in [5, 5.41) is 19.3. The van der Waals surface area contributed by atoms with Crippen molar-refractivity contribution in [3.63, 3.8) is 0 Å². The Morgan fingerprint density at radius 3 is 1.78 bits per heavy atom. The van der Waals surface area contributed by atoms with Gasteiger partial charge in [0.2, 0.25) is 0 Å². The number of benzene rings is 4. The van der Waals surface area contributed by atoms with Crippen molar-refractivity contribution in [3.05, 3.63) is 103 Å². The first kappa shape index (κ1) is 27.1. The van der Waals surface area contributed by atoms with Crippen LogP contribution >= 0.6 is 22.7 Å². The van der Waals surface area contributed by atoms with Crippen LogP contribution in [0.25, 0.3) is 62.7 Å². The molecule has 0 unspecified atom stereocenters. The van der Waals surface area contributed by atoms with E-state index < -0.39 is 0 Å². The molecule has 3 heterocycles. The molecule has 4 aromatic carbocycles. The zero-order valence-electron chi connectivity index (χ0n) is 20.2. The van der Waals surface area contributed by atoms with Gasteiger partial charge >= 0.3 is 0 Å².